The normalized spacial score (nSPS) is 10.6. The topological polar surface area (TPSA) is 62.2 Å². The number of nitrogens with zero attached hydrogens (tertiary/aromatic N) is 1. The maximum Gasteiger partial charge on any atom is 0.339 e. The lowest BCUT2D eigenvalue weighted by Crippen LogP contribution is -2.16. The number of hydrogen-bond donors (Lipinski definition) is 2. The molecule has 0 unspecified atom stereocenters. The molecular formula is C13H20N2O2. The van der Waals surface area contributed by atoms with Crippen LogP contribution in [0.15, 0.2) is 12.1 Å². The summed E-state index contributed by atoms with van der Waals surface area (Å²) in [5, 5.41) is 12.2. The Hall–Kier alpha value is -1.58. The molecule has 0 atom stereocenters. The molecule has 0 radical (unpaired) electrons. The fourth-order valence-corrected chi connectivity index (χ4v) is 1.68. The van der Waals surface area contributed by atoms with Crippen molar-refractivity contribution < 1.29 is 9.90 Å². The van der Waals surface area contributed by atoms with Crippen molar-refractivity contribution >= 4 is 11.8 Å². The van der Waals surface area contributed by atoms with Gasteiger partial charge in [0.05, 0.1) is 0 Å². The molecule has 0 aliphatic rings. The molecule has 0 spiro atoms. The van der Waals surface area contributed by atoms with Crippen molar-refractivity contribution in [2.45, 2.75) is 33.6 Å². The van der Waals surface area contributed by atoms with Crippen LogP contribution in [0, 0.1) is 12.8 Å². The first-order valence-electron chi connectivity index (χ1n) is 6.03. The highest BCUT2D eigenvalue weighted by Crippen LogP contribution is 2.15. The van der Waals surface area contributed by atoms with Crippen LogP contribution < -0.4 is 5.32 Å². The number of carboxylic acids is 1. The maximum absolute atomic E-state index is 11.0. The standard InChI is InChI=1S/C13H20N2O2/c1-4-10(5-2)8-14-12-11(13(16)17)7-6-9(3)15-12/h6-7,10H,4-5,8H2,1-3H3,(H,14,15)(H,16,17). The molecule has 94 valence electrons. The van der Waals surface area contributed by atoms with Crippen molar-refractivity contribution in [2.24, 2.45) is 5.92 Å². The van der Waals surface area contributed by atoms with Gasteiger partial charge in [-0.1, -0.05) is 26.7 Å². The van der Waals surface area contributed by atoms with E-state index in [0.717, 1.165) is 25.1 Å². The Morgan fingerprint density at radius 1 is 1.41 bits per heavy atom. The lowest BCUT2D eigenvalue weighted by Gasteiger charge is -2.15. The van der Waals surface area contributed by atoms with Crippen LogP contribution in [-0.2, 0) is 0 Å². The number of aromatic carboxylic acids is 1. The smallest absolute Gasteiger partial charge is 0.339 e. The quantitative estimate of drug-likeness (QED) is 0.797. The van der Waals surface area contributed by atoms with E-state index in [2.05, 4.69) is 24.1 Å². The van der Waals surface area contributed by atoms with Crippen molar-refractivity contribution in [3.63, 3.8) is 0 Å². The Labute approximate surface area is 102 Å². The van der Waals surface area contributed by atoms with Gasteiger partial charge in [-0.2, -0.15) is 0 Å². The average Bonchev–Trinajstić information content (AvgIpc) is 2.30. The Bertz CT molecular complexity index is 387. The molecule has 1 aromatic heterocycles. The monoisotopic (exact) mass is 236 g/mol. The van der Waals surface area contributed by atoms with E-state index in [1.165, 1.54) is 0 Å². The van der Waals surface area contributed by atoms with Gasteiger partial charge in [-0.05, 0) is 25.0 Å². The van der Waals surface area contributed by atoms with E-state index in [9.17, 15) is 4.79 Å². The van der Waals surface area contributed by atoms with Crippen molar-refractivity contribution in [1.29, 1.82) is 0 Å². The summed E-state index contributed by atoms with van der Waals surface area (Å²) in [6.45, 7) is 6.90. The number of anilines is 1. The zero-order valence-electron chi connectivity index (χ0n) is 10.7. The number of carbonyl (C=O) groups is 1. The Morgan fingerprint density at radius 3 is 2.59 bits per heavy atom. The third-order valence-electron chi connectivity index (χ3n) is 2.98. The molecule has 0 amide bonds. The molecule has 0 fully saturated rings. The summed E-state index contributed by atoms with van der Waals surface area (Å²) >= 11 is 0. The largest absolute Gasteiger partial charge is 0.478 e. The van der Waals surface area contributed by atoms with Gasteiger partial charge in [-0.15, -0.1) is 0 Å². The molecule has 0 saturated carbocycles. The number of rotatable bonds is 6. The third-order valence-corrected chi connectivity index (χ3v) is 2.98. The predicted molar refractivity (Wildman–Crippen MR) is 68.5 cm³/mol. The minimum atomic E-state index is -0.940. The molecule has 4 nitrogen and oxygen atoms in total. The first-order valence-corrected chi connectivity index (χ1v) is 6.03. The average molecular weight is 236 g/mol. The van der Waals surface area contributed by atoms with Crippen LogP contribution in [0.3, 0.4) is 0 Å². The van der Waals surface area contributed by atoms with E-state index in [4.69, 9.17) is 5.11 Å². The minimum absolute atomic E-state index is 0.238. The number of aryl methyl sites for hydroxylation is 1. The Morgan fingerprint density at radius 2 is 2.06 bits per heavy atom. The lowest BCUT2D eigenvalue weighted by molar-refractivity contribution is 0.0697. The molecule has 0 aliphatic carbocycles. The van der Waals surface area contributed by atoms with Gasteiger partial charge in [0.2, 0.25) is 0 Å². The number of aromatic nitrogens is 1. The number of nitrogens with one attached hydrogen (secondary N) is 1. The summed E-state index contributed by atoms with van der Waals surface area (Å²) in [4.78, 5) is 15.3. The van der Waals surface area contributed by atoms with Crippen molar-refractivity contribution in [3.05, 3.63) is 23.4 Å². The Kier molecular flexibility index (Phi) is 4.94. The van der Waals surface area contributed by atoms with Crippen LogP contribution in [0.1, 0.15) is 42.7 Å². The van der Waals surface area contributed by atoms with Crippen LogP contribution in [-0.4, -0.2) is 22.6 Å². The van der Waals surface area contributed by atoms with E-state index >= 15 is 0 Å². The van der Waals surface area contributed by atoms with Crippen LogP contribution in [0.2, 0.25) is 0 Å². The van der Waals surface area contributed by atoms with E-state index in [0.29, 0.717) is 11.7 Å². The molecular weight excluding hydrogens is 216 g/mol. The van der Waals surface area contributed by atoms with E-state index in [-0.39, 0.29) is 5.56 Å². The SMILES string of the molecule is CCC(CC)CNc1nc(C)ccc1C(=O)O. The van der Waals surface area contributed by atoms with Crippen LogP contribution in [0.5, 0.6) is 0 Å². The van der Waals surface area contributed by atoms with Crippen molar-refractivity contribution in [1.82, 2.24) is 4.98 Å². The summed E-state index contributed by atoms with van der Waals surface area (Å²) in [6.07, 6.45) is 2.16. The summed E-state index contributed by atoms with van der Waals surface area (Å²) in [7, 11) is 0. The van der Waals surface area contributed by atoms with Crippen LogP contribution in [0.25, 0.3) is 0 Å². The highest BCUT2D eigenvalue weighted by molar-refractivity contribution is 5.93. The summed E-state index contributed by atoms with van der Waals surface area (Å²) in [5.41, 5.74) is 1.06. The van der Waals surface area contributed by atoms with Gasteiger partial charge in [0, 0.05) is 12.2 Å². The molecule has 0 aromatic carbocycles. The second-order valence-corrected chi connectivity index (χ2v) is 4.22. The Balaban J connectivity index is 2.81. The first-order chi connectivity index (χ1) is 8.08. The maximum atomic E-state index is 11.0. The molecule has 1 heterocycles. The zero-order valence-corrected chi connectivity index (χ0v) is 10.7. The van der Waals surface area contributed by atoms with Gasteiger partial charge in [0.25, 0.3) is 0 Å². The first kappa shape index (κ1) is 13.5. The van der Waals surface area contributed by atoms with Crippen molar-refractivity contribution in [2.75, 3.05) is 11.9 Å². The molecule has 17 heavy (non-hydrogen) atoms. The van der Waals surface area contributed by atoms with Gasteiger partial charge in [-0.25, -0.2) is 9.78 Å². The number of carboxylic acid groups (broad SMARTS) is 1. The van der Waals surface area contributed by atoms with E-state index in [1.54, 1.807) is 12.1 Å². The molecule has 0 bridgehead atoms. The highest BCUT2D eigenvalue weighted by atomic mass is 16.4. The summed E-state index contributed by atoms with van der Waals surface area (Å²) < 4.78 is 0. The van der Waals surface area contributed by atoms with Gasteiger partial charge in [0.15, 0.2) is 0 Å². The van der Waals surface area contributed by atoms with Crippen LogP contribution in [0.4, 0.5) is 5.82 Å². The van der Waals surface area contributed by atoms with Crippen molar-refractivity contribution in [3.8, 4) is 0 Å². The molecule has 1 aromatic rings. The van der Waals surface area contributed by atoms with Crippen LogP contribution >= 0.6 is 0 Å². The predicted octanol–water partition coefficient (Wildman–Crippen LogP) is 2.94. The molecule has 1 rings (SSSR count). The molecule has 4 heteroatoms. The number of pyridine rings is 1. The summed E-state index contributed by atoms with van der Waals surface area (Å²) in [6, 6.07) is 3.31. The third kappa shape index (κ3) is 3.73. The second-order valence-electron chi connectivity index (χ2n) is 4.22. The van der Waals surface area contributed by atoms with Gasteiger partial charge < -0.3 is 10.4 Å². The zero-order chi connectivity index (χ0) is 12.8. The number of hydrogen-bond acceptors (Lipinski definition) is 3. The second kappa shape index (κ2) is 6.23. The van der Waals surface area contributed by atoms with E-state index < -0.39 is 5.97 Å². The minimum Gasteiger partial charge on any atom is -0.478 e. The molecule has 2 N–H and O–H groups in total. The lowest BCUT2D eigenvalue weighted by atomic mass is 10.0. The molecule has 0 saturated heterocycles. The molecule has 0 aliphatic heterocycles. The fourth-order valence-electron chi connectivity index (χ4n) is 1.68. The highest BCUT2D eigenvalue weighted by Gasteiger charge is 2.12. The van der Waals surface area contributed by atoms with Gasteiger partial charge in [-0.3, -0.25) is 0 Å². The van der Waals surface area contributed by atoms with Gasteiger partial charge in [0.1, 0.15) is 11.4 Å². The van der Waals surface area contributed by atoms with E-state index in [1.807, 2.05) is 6.92 Å². The fraction of sp³-hybridized carbons (Fsp3) is 0.538. The summed E-state index contributed by atoms with van der Waals surface area (Å²) in [5.74, 6) is 0.0907. The van der Waals surface area contributed by atoms with Gasteiger partial charge >= 0.3 is 5.97 Å².